The zero-order chi connectivity index (χ0) is 11.3. The van der Waals surface area contributed by atoms with Crippen LogP contribution in [-0.2, 0) is 0 Å². The highest BCUT2D eigenvalue weighted by molar-refractivity contribution is 5.94. The molecule has 0 radical (unpaired) electrons. The molecule has 1 unspecified atom stereocenters. The van der Waals surface area contributed by atoms with Crippen molar-refractivity contribution in [2.45, 2.75) is 25.8 Å². The van der Waals surface area contributed by atoms with Crippen molar-refractivity contribution in [3.05, 3.63) is 30.1 Å². The Balaban J connectivity index is 2.72. The van der Waals surface area contributed by atoms with Crippen LogP contribution in [0.3, 0.4) is 0 Å². The van der Waals surface area contributed by atoms with Crippen molar-refractivity contribution in [1.29, 1.82) is 0 Å². The van der Waals surface area contributed by atoms with Crippen molar-refractivity contribution in [3.8, 4) is 0 Å². The third-order valence-corrected chi connectivity index (χ3v) is 2.57. The minimum atomic E-state index is -0.340. The van der Waals surface area contributed by atoms with E-state index in [-0.39, 0.29) is 11.4 Å². The minimum absolute atomic E-state index is 0.127. The molecule has 1 heterocycles. The zero-order valence-corrected chi connectivity index (χ0v) is 9.16. The van der Waals surface area contributed by atoms with Crippen LogP contribution in [0.15, 0.2) is 24.5 Å². The fourth-order valence-corrected chi connectivity index (χ4v) is 1.13. The summed E-state index contributed by atoms with van der Waals surface area (Å²) in [5, 5.41) is 2.91. The van der Waals surface area contributed by atoms with Gasteiger partial charge in [-0.1, -0.05) is 6.92 Å². The fourth-order valence-electron chi connectivity index (χ4n) is 1.13. The number of carbonyl (C=O) groups excluding carboxylic acids is 1. The van der Waals surface area contributed by atoms with Crippen LogP contribution in [0.1, 0.15) is 30.6 Å². The number of nitrogens with one attached hydrogen (secondary N) is 1. The highest BCUT2D eigenvalue weighted by atomic mass is 16.1. The number of hydrogen-bond donors (Lipinski definition) is 2. The standard InChI is InChI=1S/C11H17N3O/c1-3-11(2,8-12)14-10(15)9-5-4-6-13-7-9/h4-7H,3,8,12H2,1-2H3,(H,14,15). The predicted octanol–water partition coefficient (Wildman–Crippen LogP) is 0.939. The maximum atomic E-state index is 11.8. The monoisotopic (exact) mass is 207 g/mol. The molecule has 0 saturated carbocycles. The summed E-state index contributed by atoms with van der Waals surface area (Å²) in [6, 6.07) is 3.47. The van der Waals surface area contributed by atoms with Crippen LogP contribution < -0.4 is 11.1 Å². The lowest BCUT2D eigenvalue weighted by Crippen LogP contribution is -2.50. The molecule has 0 spiro atoms. The third-order valence-electron chi connectivity index (χ3n) is 2.57. The van der Waals surface area contributed by atoms with E-state index in [1.165, 1.54) is 0 Å². The van der Waals surface area contributed by atoms with E-state index < -0.39 is 0 Å². The molecule has 0 fully saturated rings. The number of nitrogens with two attached hydrogens (primary N) is 1. The Kier molecular flexibility index (Phi) is 3.80. The molecule has 1 amide bonds. The third kappa shape index (κ3) is 3.02. The molecule has 1 aromatic rings. The Morgan fingerprint density at radius 1 is 1.67 bits per heavy atom. The number of carbonyl (C=O) groups is 1. The molecule has 1 atom stereocenters. The van der Waals surface area contributed by atoms with Crippen LogP contribution in [0.25, 0.3) is 0 Å². The summed E-state index contributed by atoms with van der Waals surface area (Å²) in [5.41, 5.74) is 5.83. The summed E-state index contributed by atoms with van der Waals surface area (Å²) in [6.45, 7) is 4.35. The molecule has 1 rings (SSSR count). The first kappa shape index (κ1) is 11.7. The van der Waals surface area contributed by atoms with Gasteiger partial charge in [0.2, 0.25) is 0 Å². The highest BCUT2D eigenvalue weighted by Crippen LogP contribution is 2.08. The van der Waals surface area contributed by atoms with E-state index in [9.17, 15) is 4.79 Å². The van der Waals surface area contributed by atoms with Crippen LogP contribution in [0, 0.1) is 0 Å². The van der Waals surface area contributed by atoms with E-state index in [1.807, 2.05) is 13.8 Å². The van der Waals surface area contributed by atoms with E-state index >= 15 is 0 Å². The molecule has 4 nitrogen and oxygen atoms in total. The van der Waals surface area contributed by atoms with Crippen molar-refractivity contribution in [2.24, 2.45) is 5.73 Å². The van der Waals surface area contributed by atoms with Crippen LogP contribution in [0.5, 0.6) is 0 Å². The summed E-state index contributed by atoms with van der Waals surface area (Å²) in [4.78, 5) is 15.7. The first-order valence-electron chi connectivity index (χ1n) is 5.04. The average molecular weight is 207 g/mol. The topological polar surface area (TPSA) is 68.0 Å². The van der Waals surface area contributed by atoms with Crippen molar-refractivity contribution < 1.29 is 4.79 Å². The van der Waals surface area contributed by atoms with Gasteiger partial charge in [0.1, 0.15) is 0 Å². The number of aromatic nitrogens is 1. The fraction of sp³-hybridized carbons (Fsp3) is 0.455. The molecule has 0 saturated heterocycles. The molecule has 82 valence electrons. The number of pyridine rings is 1. The molecule has 0 aromatic carbocycles. The Hall–Kier alpha value is -1.42. The predicted molar refractivity (Wildman–Crippen MR) is 59.5 cm³/mol. The summed E-state index contributed by atoms with van der Waals surface area (Å²) in [7, 11) is 0. The van der Waals surface area contributed by atoms with Gasteiger partial charge in [0, 0.05) is 24.5 Å². The van der Waals surface area contributed by atoms with E-state index in [1.54, 1.807) is 24.5 Å². The molecule has 0 aliphatic rings. The van der Waals surface area contributed by atoms with E-state index in [2.05, 4.69) is 10.3 Å². The van der Waals surface area contributed by atoms with Crippen LogP contribution in [0.2, 0.25) is 0 Å². The van der Waals surface area contributed by atoms with Crippen LogP contribution in [-0.4, -0.2) is 23.0 Å². The SMILES string of the molecule is CCC(C)(CN)NC(=O)c1cccnc1. The van der Waals surface area contributed by atoms with Gasteiger partial charge < -0.3 is 11.1 Å². The molecule has 3 N–H and O–H groups in total. The van der Waals surface area contributed by atoms with Gasteiger partial charge in [0.25, 0.3) is 5.91 Å². The van der Waals surface area contributed by atoms with Gasteiger partial charge in [-0.3, -0.25) is 9.78 Å². The van der Waals surface area contributed by atoms with E-state index in [0.29, 0.717) is 12.1 Å². The van der Waals surface area contributed by atoms with Crippen LogP contribution >= 0.6 is 0 Å². The lowest BCUT2D eigenvalue weighted by atomic mass is 9.99. The van der Waals surface area contributed by atoms with Crippen molar-refractivity contribution >= 4 is 5.91 Å². The summed E-state index contributed by atoms with van der Waals surface area (Å²) < 4.78 is 0. The second-order valence-electron chi connectivity index (χ2n) is 3.81. The summed E-state index contributed by atoms with van der Waals surface area (Å²) in [5.74, 6) is -0.127. The zero-order valence-electron chi connectivity index (χ0n) is 9.16. The second kappa shape index (κ2) is 4.89. The maximum Gasteiger partial charge on any atom is 0.253 e. The molecule has 0 bridgehead atoms. The Morgan fingerprint density at radius 2 is 2.40 bits per heavy atom. The van der Waals surface area contributed by atoms with Crippen LogP contribution in [0.4, 0.5) is 0 Å². The van der Waals surface area contributed by atoms with Gasteiger partial charge in [-0.15, -0.1) is 0 Å². The molecule has 0 aliphatic carbocycles. The van der Waals surface area contributed by atoms with Gasteiger partial charge in [0.15, 0.2) is 0 Å². The number of nitrogens with zero attached hydrogens (tertiary/aromatic N) is 1. The molecule has 1 aromatic heterocycles. The Labute approximate surface area is 89.9 Å². The smallest absolute Gasteiger partial charge is 0.253 e. The van der Waals surface area contributed by atoms with Crippen molar-refractivity contribution in [3.63, 3.8) is 0 Å². The number of amides is 1. The summed E-state index contributed by atoms with van der Waals surface area (Å²) in [6.07, 6.45) is 3.98. The lowest BCUT2D eigenvalue weighted by Gasteiger charge is -2.27. The van der Waals surface area contributed by atoms with Gasteiger partial charge >= 0.3 is 0 Å². The van der Waals surface area contributed by atoms with Gasteiger partial charge in [-0.25, -0.2) is 0 Å². The van der Waals surface area contributed by atoms with Crippen molar-refractivity contribution in [1.82, 2.24) is 10.3 Å². The van der Waals surface area contributed by atoms with Crippen molar-refractivity contribution in [2.75, 3.05) is 6.54 Å². The normalized spacial score (nSPS) is 14.3. The molecule has 15 heavy (non-hydrogen) atoms. The first-order valence-corrected chi connectivity index (χ1v) is 5.04. The Morgan fingerprint density at radius 3 is 2.87 bits per heavy atom. The summed E-state index contributed by atoms with van der Waals surface area (Å²) >= 11 is 0. The number of hydrogen-bond acceptors (Lipinski definition) is 3. The first-order chi connectivity index (χ1) is 7.11. The van der Waals surface area contributed by atoms with E-state index in [4.69, 9.17) is 5.73 Å². The van der Waals surface area contributed by atoms with Gasteiger partial charge in [-0.05, 0) is 25.5 Å². The quantitative estimate of drug-likeness (QED) is 0.772. The molecule has 4 heteroatoms. The number of rotatable bonds is 4. The average Bonchev–Trinajstić information content (AvgIpc) is 2.30. The minimum Gasteiger partial charge on any atom is -0.346 e. The molecular formula is C11H17N3O. The molecular weight excluding hydrogens is 190 g/mol. The Bertz CT molecular complexity index is 320. The maximum absolute atomic E-state index is 11.8. The lowest BCUT2D eigenvalue weighted by molar-refractivity contribution is 0.0906. The van der Waals surface area contributed by atoms with Gasteiger partial charge in [0.05, 0.1) is 5.56 Å². The van der Waals surface area contributed by atoms with Gasteiger partial charge in [-0.2, -0.15) is 0 Å². The molecule has 0 aliphatic heterocycles. The van der Waals surface area contributed by atoms with E-state index in [0.717, 1.165) is 6.42 Å². The second-order valence-corrected chi connectivity index (χ2v) is 3.81. The highest BCUT2D eigenvalue weighted by Gasteiger charge is 2.22. The largest absolute Gasteiger partial charge is 0.346 e.